The van der Waals surface area contributed by atoms with Gasteiger partial charge in [-0.2, -0.15) is 0 Å². The van der Waals surface area contributed by atoms with Crippen LogP contribution in [0.3, 0.4) is 0 Å². The molecule has 3 aliphatic rings. The molecule has 0 saturated carbocycles. The van der Waals surface area contributed by atoms with Gasteiger partial charge >= 0.3 is 6.09 Å². The van der Waals surface area contributed by atoms with Crippen LogP contribution >= 0.6 is 0 Å². The van der Waals surface area contributed by atoms with E-state index in [4.69, 9.17) is 19.3 Å². The van der Waals surface area contributed by atoms with E-state index in [0.29, 0.717) is 43.9 Å². The number of fused-ring (bicyclic) bond motifs is 1. The third kappa shape index (κ3) is 3.11. The number of nitrogens with zero attached hydrogens (tertiary/aromatic N) is 3. The zero-order valence-electron chi connectivity index (χ0n) is 15.6. The standard InChI is InChI=1S/C20H20FN3O5/c21-15-2-1-3-16-18(15)29-20(28-16)6-8-23(9-7-20)17-5-4-13(10-22-17)24-11-14(12-25)27-19(24)26/h1-5,10,14,25H,6-9,11-12H2/t14-/m0/s1. The number of cyclic esters (lactones) is 1. The second-order valence-corrected chi connectivity index (χ2v) is 7.34. The van der Waals surface area contributed by atoms with Gasteiger partial charge in [0.25, 0.3) is 5.79 Å². The summed E-state index contributed by atoms with van der Waals surface area (Å²) in [6, 6.07) is 8.33. The Balaban J connectivity index is 1.24. The van der Waals surface area contributed by atoms with E-state index in [1.165, 1.54) is 11.0 Å². The number of ether oxygens (including phenoxy) is 3. The maximum atomic E-state index is 13.9. The van der Waals surface area contributed by atoms with Gasteiger partial charge in [-0.25, -0.2) is 14.2 Å². The lowest BCUT2D eigenvalue weighted by Gasteiger charge is -2.38. The summed E-state index contributed by atoms with van der Waals surface area (Å²) < 4.78 is 30.8. The number of amides is 1. The molecule has 8 nitrogen and oxygen atoms in total. The summed E-state index contributed by atoms with van der Waals surface area (Å²) in [5.74, 6) is 0.153. The van der Waals surface area contributed by atoms with E-state index in [1.54, 1.807) is 18.3 Å². The van der Waals surface area contributed by atoms with Crippen LogP contribution in [-0.2, 0) is 4.74 Å². The molecule has 1 spiro atoms. The highest BCUT2D eigenvalue weighted by molar-refractivity contribution is 5.89. The molecule has 4 heterocycles. The van der Waals surface area contributed by atoms with Crippen molar-refractivity contribution in [2.75, 3.05) is 36.0 Å². The molecule has 0 unspecified atom stereocenters. The fraction of sp³-hybridized carbons (Fsp3) is 0.400. The second kappa shape index (κ2) is 6.77. The number of hydrogen-bond acceptors (Lipinski definition) is 7. The second-order valence-electron chi connectivity index (χ2n) is 7.34. The summed E-state index contributed by atoms with van der Waals surface area (Å²) in [6.07, 6.45) is 1.76. The topological polar surface area (TPSA) is 84.4 Å². The molecule has 1 N–H and O–H groups in total. The van der Waals surface area contributed by atoms with Gasteiger partial charge in [0, 0.05) is 25.9 Å². The lowest BCUT2D eigenvalue weighted by Crippen LogP contribution is -2.50. The number of benzene rings is 1. The van der Waals surface area contributed by atoms with Crippen LogP contribution in [0.2, 0.25) is 0 Å². The molecule has 0 bridgehead atoms. The normalized spacial score (nSPS) is 22.3. The highest BCUT2D eigenvalue weighted by Gasteiger charge is 2.45. The molecule has 1 aromatic carbocycles. The fourth-order valence-electron chi connectivity index (χ4n) is 3.91. The van der Waals surface area contributed by atoms with Crippen LogP contribution in [0.1, 0.15) is 12.8 Å². The molecule has 1 atom stereocenters. The number of aliphatic hydroxyl groups excluding tert-OH is 1. The van der Waals surface area contributed by atoms with Crippen molar-refractivity contribution >= 4 is 17.6 Å². The molecule has 2 saturated heterocycles. The maximum absolute atomic E-state index is 13.9. The molecular formula is C20H20FN3O5. The predicted molar refractivity (Wildman–Crippen MR) is 101 cm³/mol. The maximum Gasteiger partial charge on any atom is 0.414 e. The molecule has 3 aliphatic heterocycles. The Morgan fingerprint density at radius 1 is 1.21 bits per heavy atom. The number of carbonyl (C=O) groups is 1. The van der Waals surface area contributed by atoms with Gasteiger partial charge in [-0.15, -0.1) is 0 Å². The minimum absolute atomic E-state index is 0.183. The van der Waals surface area contributed by atoms with Gasteiger partial charge in [-0.05, 0) is 24.3 Å². The smallest absolute Gasteiger partial charge is 0.414 e. The molecule has 0 aliphatic carbocycles. The van der Waals surface area contributed by atoms with Gasteiger partial charge in [0.15, 0.2) is 11.6 Å². The SMILES string of the molecule is O=C1O[C@H](CO)CN1c1ccc(N2CCC3(CC2)Oc2cccc(F)c2O3)nc1. The Hall–Kier alpha value is -3.07. The minimum atomic E-state index is -0.834. The number of anilines is 2. The average Bonchev–Trinajstić information content (AvgIpc) is 3.30. The number of carbonyl (C=O) groups excluding carboxylic acids is 1. The van der Waals surface area contributed by atoms with Crippen LogP contribution in [0, 0.1) is 5.82 Å². The molecule has 9 heteroatoms. The highest BCUT2D eigenvalue weighted by atomic mass is 19.1. The molecular weight excluding hydrogens is 381 g/mol. The Morgan fingerprint density at radius 2 is 2.03 bits per heavy atom. The number of rotatable bonds is 3. The molecule has 152 valence electrons. The van der Waals surface area contributed by atoms with E-state index < -0.39 is 23.8 Å². The summed E-state index contributed by atoms with van der Waals surface area (Å²) >= 11 is 0. The average molecular weight is 401 g/mol. The number of piperidine rings is 1. The van der Waals surface area contributed by atoms with Crippen molar-refractivity contribution in [1.29, 1.82) is 0 Å². The van der Waals surface area contributed by atoms with Crippen LogP contribution in [-0.4, -0.2) is 54.3 Å². The van der Waals surface area contributed by atoms with Crippen molar-refractivity contribution in [3.63, 3.8) is 0 Å². The lowest BCUT2D eigenvalue weighted by molar-refractivity contribution is -0.0970. The van der Waals surface area contributed by atoms with Gasteiger partial charge in [0.2, 0.25) is 5.75 Å². The molecule has 1 amide bonds. The molecule has 0 radical (unpaired) electrons. The highest BCUT2D eigenvalue weighted by Crippen LogP contribution is 2.45. The van der Waals surface area contributed by atoms with Crippen molar-refractivity contribution in [3.8, 4) is 11.5 Å². The number of halogens is 1. The Bertz CT molecular complexity index is 930. The van der Waals surface area contributed by atoms with Gasteiger partial charge in [0.05, 0.1) is 25.0 Å². The first-order chi connectivity index (χ1) is 14.1. The number of aliphatic hydroxyl groups is 1. The van der Waals surface area contributed by atoms with E-state index in [9.17, 15) is 9.18 Å². The third-order valence-corrected chi connectivity index (χ3v) is 5.49. The van der Waals surface area contributed by atoms with Crippen molar-refractivity contribution in [2.24, 2.45) is 0 Å². The number of pyridine rings is 1. The molecule has 5 rings (SSSR count). The third-order valence-electron chi connectivity index (χ3n) is 5.49. The van der Waals surface area contributed by atoms with Crippen molar-refractivity contribution < 1.29 is 28.5 Å². The van der Waals surface area contributed by atoms with Crippen LogP contribution in [0.4, 0.5) is 20.7 Å². The first kappa shape index (κ1) is 18.0. The number of para-hydroxylation sites is 1. The zero-order valence-corrected chi connectivity index (χ0v) is 15.6. The van der Waals surface area contributed by atoms with Crippen LogP contribution < -0.4 is 19.3 Å². The van der Waals surface area contributed by atoms with Crippen molar-refractivity contribution in [3.05, 3.63) is 42.3 Å². The summed E-state index contributed by atoms with van der Waals surface area (Å²) in [6.45, 7) is 1.37. The summed E-state index contributed by atoms with van der Waals surface area (Å²) in [4.78, 5) is 19.9. The lowest BCUT2D eigenvalue weighted by atomic mass is 10.0. The van der Waals surface area contributed by atoms with Crippen molar-refractivity contribution in [1.82, 2.24) is 4.98 Å². The van der Waals surface area contributed by atoms with E-state index in [2.05, 4.69) is 9.88 Å². The number of aromatic nitrogens is 1. The van der Waals surface area contributed by atoms with Gasteiger partial charge < -0.3 is 24.2 Å². The first-order valence-corrected chi connectivity index (χ1v) is 9.53. The Kier molecular flexibility index (Phi) is 4.20. The van der Waals surface area contributed by atoms with E-state index >= 15 is 0 Å². The van der Waals surface area contributed by atoms with Gasteiger partial charge in [-0.1, -0.05) is 6.07 Å². The molecule has 2 aromatic rings. The molecule has 29 heavy (non-hydrogen) atoms. The minimum Gasteiger partial charge on any atom is -0.448 e. The Labute approximate surface area is 166 Å². The van der Waals surface area contributed by atoms with Crippen LogP contribution in [0.15, 0.2) is 36.5 Å². The van der Waals surface area contributed by atoms with Gasteiger partial charge in [-0.3, -0.25) is 4.90 Å². The fourth-order valence-corrected chi connectivity index (χ4v) is 3.91. The van der Waals surface area contributed by atoms with E-state index in [-0.39, 0.29) is 12.4 Å². The largest absolute Gasteiger partial charge is 0.448 e. The number of hydrogen-bond donors (Lipinski definition) is 1. The molecule has 1 aromatic heterocycles. The monoisotopic (exact) mass is 401 g/mol. The first-order valence-electron chi connectivity index (χ1n) is 9.53. The van der Waals surface area contributed by atoms with Gasteiger partial charge in [0.1, 0.15) is 11.9 Å². The quantitative estimate of drug-likeness (QED) is 0.845. The van der Waals surface area contributed by atoms with E-state index in [1.807, 2.05) is 12.1 Å². The van der Waals surface area contributed by atoms with Crippen LogP contribution in [0.5, 0.6) is 11.5 Å². The Morgan fingerprint density at radius 3 is 2.69 bits per heavy atom. The predicted octanol–water partition coefficient (Wildman–Crippen LogP) is 2.31. The van der Waals surface area contributed by atoms with Crippen molar-refractivity contribution in [2.45, 2.75) is 24.7 Å². The summed E-state index contributed by atoms with van der Waals surface area (Å²) in [7, 11) is 0. The summed E-state index contributed by atoms with van der Waals surface area (Å²) in [5, 5.41) is 9.16. The summed E-state index contributed by atoms with van der Waals surface area (Å²) in [5.41, 5.74) is 0.622. The molecule has 2 fully saturated rings. The zero-order chi connectivity index (χ0) is 20.0. The van der Waals surface area contributed by atoms with Crippen LogP contribution in [0.25, 0.3) is 0 Å². The van der Waals surface area contributed by atoms with E-state index in [0.717, 1.165) is 5.82 Å².